The molecule has 0 N–H and O–H groups in total. The molecule has 0 aliphatic rings. The number of nitriles is 2. The zero-order valence-corrected chi connectivity index (χ0v) is 13.6. The minimum Gasteiger partial charge on any atom is -0.374 e. The van der Waals surface area contributed by atoms with Gasteiger partial charge in [-0.2, -0.15) is 10.5 Å². The van der Waals surface area contributed by atoms with Crippen LogP contribution in [0.1, 0.15) is 32.8 Å². The Hall–Kier alpha value is -2.59. The summed E-state index contributed by atoms with van der Waals surface area (Å²) in [5.74, 6) is -0.162. The van der Waals surface area contributed by atoms with E-state index in [1.807, 2.05) is 42.3 Å². The number of carbonyl (C=O) groups is 1. The molecular weight excluding hydrogens is 274 g/mol. The molecule has 0 heterocycles. The molecule has 22 heavy (non-hydrogen) atoms. The fraction of sp³-hybridized carbons (Fsp3) is 0.389. The summed E-state index contributed by atoms with van der Waals surface area (Å²) in [7, 11) is 1.92. The first-order valence-corrected chi connectivity index (χ1v) is 7.14. The van der Waals surface area contributed by atoms with E-state index in [0.717, 1.165) is 11.3 Å². The van der Waals surface area contributed by atoms with Gasteiger partial charge in [-0.25, -0.2) is 0 Å². The minimum absolute atomic E-state index is 0.162. The fourth-order valence-corrected chi connectivity index (χ4v) is 1.89. The highest BCUT2D eigenvalue weighted by atomic mass is 16.1. The van der Waals surface area contributed by atoms with Crippen molar-refractivity contribution in [3.63, 3.8) is 0 Å². The Morgan fingerprint density at radius 1 is 1.23 bits per heavy atom. The van der Waals surface area contributed by atoms with E-state index in [-0.39, 0.29) is 11.4 Å². The van der Waals surface area contributed by atoms with Gasteiger partial charge in [0.25, 0.3) is 0 Å². The summed E-state index contributed by atoms with van der Waals surface area (Å²) < 4.78 is 0. The van der Waals surface area contributed by atoms with Crippen LogP contribution in [0.5, 0.6) is 0 Å². The van der Waals surface area contributed by atoms with Crippen molar-refractivity contribution in [2.24, 2.45) is 5.41 Å². The normalized spacial score (nSPS) is 11.5. The summed E-state index contributed by atoms with van der Waals surface area (Å²) in [6, 6.07) is 11.7. The van der Waals surface area contributed by atoms with Crippen molar-refractivity contribution < 1.29 is 4.79 Å². The average molecular weight is 295 g/mol. The number of hydrogen-bond acceptors (Lipinski definition) is 4. The Morgan fingerprint density at radius 3 is 2.27 bits per heavy atom. The van der Waals surface area contributed by atoms with Gasteiger partial charge in [0.1, 0.15) is 6.07 Å². The van der Waals surface area contributed by atoms with Crippen molar-refractivity contribution in [1.29, 1.82) is 10.5 Å². The van der Waals surface area contributed by atoms with E-state index in [1.54, 1.807) is 26.8 Å². The van der Waals surface area contributed by atoms with Crippen molar-refractivity contribution in [2.45, 2.75) is 27.2 Å². The van der Waals surface area contributed by atoms with Crippen LogP contribution >= 0.6 is 0 Å². The molecule has 114 valence electrons. The van der Waals surface area contributed by atoms with Gasteiger partial charge in [0.15, 0.2) is 5.78 Å². The third kappa shape index (κ3) is 4.75. The van der Waals surface area contributed by atoms with Crippen LogP contribution < -0.4 is 4.90 Å². The largest absolute Gasteiger partial charge is 0.374 e. The number of rotatable bonds is 5. The lowest BCUT2D eigenvalue weighted by Gasteiger charge is -2.18. The number of allylic oxidation sites excluding steroid dienone is 1. The number of ketones is 1. The van der Waals surface area contributed by atoms with Crippen LogP contribution in [0.25, 0.3) is 6.08 Å². The average Bonchev–Trinajstić information content (AvgIpc) is 2.49. The number of hydrogen-bond donors (Lipinski definition) is 0. The van der Waals surface area contributed by atoms with Crippen LogP contribution in [0.15, 0.2) is 29.8 Å². The summed E-state index contributed by atoms with van der Waals surface area (Å²) in [4.78, 5) is 14.2. The van der Waals surface area contributed by atoms with Gasteiger partial charge in [0, 0.05) is 24.7 Å². The highest BCUT2D eigenvalue weighted by Crippen LogP contribution is 2.22. The molecule has 0 amide bonds. The quantitative estimate of drug-likeness (QED) is 0.615. The van der Waals surface area contributed by atoms with Crippen LogP contribution in [0, 0.1) is 28.1 Å². The van der Waals surface area contributed by atoms with Gasteiger partial charge in [-0.15, -0.1) is 0 Å². The third-order valence-corrected chi connectivity index (χ3v) is 3.25. The Bertz CT molecular complexity index is 637. The lowest BCUT2D eigenvalue weighted by Crippen LogP contribution is -2.21. The van der Waals surface area contributed by atoms with Gasteiger partial charge in [-0.1, -0.05) is 32.9 Å². The summed E-state index contributed by atoms with van der Waals surface area (Å²) in [6.07, 6.45) is 2.09. The molecule has 0 aliphatic heterocycles. The predicted octanol–water partition coefficient (Wildman–Crippen LogP) is 3.56. The molecule has 0 atom stereocenters. The molecule has 0 saturated heterocycles. The molecule has 0 bridgehead atoms. The second kappa shape index (κ2) is 7.43. The Labute approximate surface area is 132 Å². The molecule has 0 saturated carbocycles. The molecule has 1 aromatic rings. The monoisotopic (exact) mass is 295 g/mol. The molecule has 0 fully saturated rings. The first kappa shape index (κ1) is 17.5. The molecule has 1 rings (SSSR count). The van der Waals surface area contributed by atoms with E-state index in [2.05, 4.69) is 6.07 Å². The van der Waals surface area contributed by atoms with Gasteiger partial charge in [0.05, 0.1) is 18.1 Å². The first-order chi connectivity index (χ1) is 10.3. The maximum absolute atomic E-state index is 12.2. The van der Waals surface area contributed by atoms with Crippen molar-refractivity contribution in [2.75, 3.05) is 18.5 Å². The summed E-state index contributed by atoms with van der Waals surface area (Å²) in [5, 5.41) is 17.8. The van der Waals surface area contributed by atoms with Crippen molar-refractivity contribution in [3.8, 4) is 12.1 Å². The van der Waals surface area contributed by atoms with Gasteiger partial charge < -0.3 is 4.90 Å². The molecule has 1 aromatic carbocycles. The molecular formula is C18H21N3O. The zero-order valence-electron chi connectivity index (χ0n) is 13.6. The van der Waals surface area contributed by atoms with E-state index in [0.29, 0.717) is 13.0 Å². The number of Topliss-reactive ketones (excluding diaryl/α,β-unsaturated/α-hetero) is 1. The van der Waals surface area contributed by atoms with Crippen molar-refractivity contribution in [3.05, 3.63) is 35.4 Å². The fourth-order valence-electron chi connectivity index (χ4n) is 1.89. The van der Waals surface area contributed by atoms with Crippen LogP contribution in [-0.2, 0) is 4.79 Å². The highest BCUT2D eigenvalue weighted by molar-refractivity contribution is 6.06. The lowest BCUT2D eigenvalue weighted by molar-refractivity contribution is -0.121. The molecule has 4 heteroatoms. The third-order valence-electron chi connectivity index (χ3n) is 3.25. The van der Waals surface area contributed by atoms with E-state index in [4.69, 9.17) is 5.26 Å². The summed E-state index contributed by atoms with van der Waals surface area (Å²) >= 11 is 0. The van der Waals surface area contributed by atoms with Crippen LogP contribution in [-0.4, -0.2) is 19.4 Å². The number of benzene rings is 1. The van der Waals surface area contributed by atoms with E-state index >= 15 is 0 Å². The maximum Gasteiger partial charge on any atom is 0.178 e. The topological polar surface area (TPSA) is 67.9 Å². The predicted molar refractivity (Wildman–Crippen MR) is 88.0 cm³/mol. The van der Waals surface area contributed by atoms with Crippen LogP contribution in [0.4, 0.5) is 5.69 Å². The van der Waals surface area contributed by atoms with Crippen LogP contribution in [0.3, 0.4) is 0 Å². The SMILES string of the molecule is CN(CCC#N)c1ccc(/C=C(\C#N)C(=O)C(C)(C)C)cc1. The summed E-state index contributed by atoms with van der Waals surface area (Å²) in [6.45, 7) is 6.06. The van der Waals surface area contributed by atoms with E-state index in [9.17, 15) is 10.1 Å². The second-order valence-corrected chi connectivity index (χ2v) is 6.17. The van der Waals surface area contributed by atoms with Gasteiger partial charge in [-0.3, -0.25) is 4.79 Å². The number of nitrogens with zero attached hydrogens (tertiary/aromatic N) is 3. The summed E-state index contributed by atoms with van der Waals surface area (Å²) in [5.41, 5.74) is 1.40. The van der Waals surface area contributed by atoms with Crippen molar-refractivity contribution in [1.82, 2.24) is 0 Å². The minimum atomic E-state index is -0.570. The molecule has 0 radical (unpaired) electrons. The van der Waals surface area contributed by atoms with Crippen molar-refractivity contribution >= 4 is 17.5 Å². The molecule has 0 unspecified atom stereocenters. The number of anilines is 1. The highest BCUT2D eigenvalue weighted by Gasteiger charge is 2.24. The van der Waals surface area contributed by atoms with E-state index in [1.165, 1.54) is 0 Å². The van der Waals surface area contributed by atoms with Gasteiger partial charge >= 0.3 is 0 Å². The Kier molecular flexibility index (Phi) is 5.90. The van der Waals surface area contributed by atoms with Gasteiger partial charge in [0.2, 0.25) is 0 Å². The molecule has 0 spiro atoms. The molecule has 0 aliphatic carbocycles. The first-order valence-electron chi connectivity index (χ1n) is 7.14. The standard InChI is InChI=1S/C18H21N3O/c1-18(2,3)17(22)15(13-20)12-14-6-8-16(9-7-14)21(4)11-5-10-19/h6-9,12H,5,11H2,1-4H3/b15-12+. The Morgan fingerprint density at radius 2 is 1.82 bits per heavy atom. The molecule has 4 nitrogen and oxygen atoms in total. The zero-order chi connectivity index (χ0) is 16.8. The maximum atomic E-state index is 12.2. The van der Waals surface area contributed by atoms with E-state index < -0.39 is 5.41 Å². The smallest absolute Gasteiger partial charge is 0.178 e. The van der Waals surface area contributed by atoms with Gasteiger partial charge in [-0.05, 0) is 23.8 Å². The second-order valence-electron chi connectivity index (χ2n) is 6.17. The number of carbonyl (C=O) groups excluding carboxylic acids is 1. The Balaban J connectivity index is 2.95. The lowest BCUT2D eigenvalue weighted by atomic mass is 9.86. The molecule has 0 aromatic heterocycles. The van der Waals surface area contributed by atoms with Crippen LogP contribution in [0.2, 0.25) is 0 Å².